The van der Waals surface area contributed by atoms with Crippen LogP contribution in [0.25, 0.3) is 0 Å². The molecule has 1 unspecified atom stereocenters. The van der Waals surface area contributed by atoms with E-state index in [0.29, 0.717) is 5.92 Å². The SMILES string of the molecule is COc1ccc(CC(CBr)c2cccc(Br)c2)cc1Br. The quantitative estimate of drug-likeness (QED) is 0.499. The van der Waals surface area contributed by atoms with E-state index in [1.54, 1.807) is 7.11 Å². The molecule has 0 fully saturated rings. The van der Waals surface area contributed by atoms with Crippen LogP contribution in [0.2, 0.25) is 0 Å². The molecule has 0 heterocycles. The Morgan fingerprint density at radius 3 is 2.50 bits per heavy atom. The van der Waals surface area contributed by atoms with Crippen LogP contribution >= 0.6 is 47.8 Å². The predicted octanol–water partition coefficient (Wildman–Crippen LogP) is 5.94. The van der Waals surface area contributed by atoms with Crippen molar-refractivity contribution in [2.45, 2.75) is 12.3 Å². The summed E-state index contributed by atoms with van der Waals surface area (Å²) in [7, 11) is 1.68. The van der Waals surface area contributed by atoms with Gasteiger partial charge in [0.25, 0.3) is 0 Å². The van der Waals surface area contributed by atoms with Gasteiger partial charge in [0.1, 0.15) is 5.75 Å². The minimum atomic E-state index is 0.452. The number of methoxy groups -OCH3 is 1. The lowest BCUT2D eigenvalue weighted by Crippen LogP contribution is -2.04. The number of benzene rings is 2. The van der Waals surface area contributed by atoms with Gasteiger partial charge in [-0.3, -0.25) is 0 Å². The standard InChI is InChI=1S/C16H15Br3O/c1-20-16-6-5-11(8-15(16)19)7-13(10-17)12-3-2-4-14(18)9-12/h2-6,8-9,13H,7,10H2,1H3. The van der Waals surface area contributed by atoms with Crippen molar-refractivity contribution in [3.05, 3.63) is 62.5 Å². The van der Waals surface area contributed by atoms with Crippen LogP contribution in [0.3, 0.4) is 0 Å². The summed E-state index contributed by atoms with van der Waals surface area (Å²) in [5.74, 6) is 1.32. The summed E-state index contributed by atoms with van der Waals surface area (Å²) in [6.45, 7) is 0. The number of hydrogen-bond donors (Lipinski definition) is 0. The second-order valence-electron chi connectivity index (χ2n) is 4.58. The molecule has 0 spiro atoms. The molecule has 0 saturated carbocycles. The monoisotopic (exact) mass is 460 g/mol. The van der Waals surface area contributed by atoms with Gasteiger partial charge in [0.2, 0.25) is 0 Å². The summed E-state index contributed by atoms with van der Waals surface area (Å²) >= 11 is 10.7. The summed E-state index contributed by atoms with van der Waals surface area (Å²) < 4.78 is 7.39. The second kappa shape index (κ2) is 7.62. The molecule has 0 aliphatic heterocycles. The zero-order valence-electron chi connectivity index (χ0n) is 11.1. The first-order valence-electron chi connectivity index (χ1n) is 6.28. The molecule has 4 heteroatoms. The molecule has 20 heavy (non-hydrogen) atoms. The zero-order chi connectivity index (χ0) is 14.5. The molecular weight excluding hydrogens is 448 g/mol. The topological polar surface area (TPSA) is 9.23 Å². The number of hydrogen-bond acceptors (Lipinski definition) is 1. The molecule has 106 valence electrons. The van der Waals surface area contributed by atoms with Gasteiger partial charge in [0, 0.05) is 9.80 Å². The minimum Gasteiger partial charge on any atom is -0.496 e. The summed E-state index contributed by atoms with van der Waals surface area (Å²) in [6, 6.07) is 14.8. The van der Waals surface area contributed by atoms with Crippen molar-refractivity contribution in [1.29, 1.82) is 0 Å². The molecule has 0 saturated heterocycles. The number of rotatable bonds is 5. The zero-order valence-corrected chi connectivity index (χ0v) is 15.8. The largest absolute Gasteiger partial charge is 0.496 e. The van der Waals surface area contributed by atoms with Crippen molar-refractivity contribution >= 4 is 47.8 Å². The Kier molecular flexibility index (Phi) is 6.12. The number of alkyl halides is 1. The fourth-order valence-electron chi connectivity index (χ4n) is 2.14. The lowest BCUT2D eigenvalue weighted by molar-refractivity contribution is 0.412. The van der Waals surface area contributed by atoms with Crippen molar-refractivity contribution in [2.75, 3.05) is 12.4 Å². The Bertz CT molecular complexity index is 584. The maximum absolute atomic E-state index is 5.27. The lowest BCUT2D eigenvalue weighted by Gasteiger charge is -2.16. The molecule has 0 aliphatic carbocycles. The Balaban J connectivity index is 2.20. The molecule has 0 N–H and O–H groups in total. The molecule has 0 bridgehead atoms. The van der Waals surface area contributed by atoms with Gasteiger partial charge in [-0.15, -0.1) is 0 Å². The third kappa shape index (κ3) is 4.09. The molecule has 0 aliphatic rings. The normalized spacial score (nSPS) is 12.2. The third-order valence-electron chi connectivity index (χ3n) is 3.20. The highest BCUT2D eigenvalue weighted by Crippen LogP contribution is 2.30. The van der Waals surface area contributed by atoms with Gasteiger partial charge in [-0.05, 0) is 63.7 Å². The van der Waals surface area contributed by atoms with E-state index >= 15 is 0 Å². The predicted molar refractivity (Wildman–Crippen MR) is 95.1 cm³/mol. The van der Waals surface area contributed by atoms with Crippen LogP contribution in [0.5, 0.6) is 5.75 Å². The molecule has 0 radical (unpaired) electrons. The average molecular weight is 463 g/mol. The highest BCUT2D eigenvalue weighted by Gasteiger charge is 2.12. The summed E-state index contributed by atoms with van der Waals surface area (Å²) in [6.07, 6.45) is 0.990. The van der Waals surface area contributed by atoms with Crippen molar-refractivity contribution in [3.63, 3.8) is 0 Å². The Hall–Kier alpha value is -0.320. The molecule has 2 aromatic carbocycles. The maximum atomic E-state index is 5.27. The molecule has 2 rings (SSSR count). The fraction of sp³-hybridized carbons (Fsp3) is 0.250. The van der Waals surface area contributed by atoms with Crippen LogP contribution in [0, 0.1) is 0 Å². The highest BCUT2D eigenvalue weighted by atomic mass is 79.9. The van der Waals surface area contributed by atoms with Crippen molar-refractivity contribution in [3.8, 4) is 5.75 Å². The maximum Gasteiger partial charge on any atom is 0.133 e. The van der Waals surface area contributed by atoms with E-state index in [4.69, 9.17) is 4.74 Å². The molecule has 0 amide bonds. The van der Waals surface area contributed by atoms with Crippen LogP contribution < -0.4 is 4.74 Å². The van der Waals surface area contributed by atoms with Gasteiger partial charge in [-0.1, -0.05) is 50.1 Å². The lowest BCUT2D eigenvalue weighted by atomic mass is 9.94. The Labute approximate surface area is 145 Å². The Morgan fingerprint density at radius 2 is 1.90 bits per heavy atom. The number of ether oxygens (including phenoxy) is 1. The summed E-state index contributed by atoms with van der Waals surface area (Å²) in [4.78, 5) is 0. The van der Waals surface area contributed by atoms with Crippen LogP contribution in [0.4, 0.5) is 0 Å². The molecule has 1 atom stereocenters. The first kappa shape index (κ1) is 16.1. The summed E-state index contributed by atoms with van der Waals surface area (Å²) in [5, 5.41) is 0.938. The van der Waals surface area contributed by atoms with Gasteiger partial charge < -0.3 is 4.74 Å². The van der Waals surface area contributed by atoms with E-state index in [1.165, 1.54) is 11.1 Å². The van der Waals surface area contributed by atoms with E-state index < -0.39 is 0 Å². The van der Waals surface area contributed by atoms with Crippen LogP contribution in [0.1, 0.15) is 17.0 Å². The summed E-state index contributed by atoms with van der Waals surface area (Å²) in [5.41, 5.74) is 2.63. The van der Waals surface area contributed by atoms with Crippen molar-refractivity contribution < 1.29 is 4.74 Å². The van der Waals surface area contributed by atoms with Gasteiger partial charge >= 0.3 is 0 Å². The van der Waals surface area contributed by atoms with Crippen molar-refractivity contribution in [2.24, 2.45) is 0 Å². The van der Waals surface area contributed by atoms with Gasteiger partial charge in [-0.2, -0.15) is 0 Å². The highest BCUT2D eigenvalue weighted by molar-refractivity contribution is 9.11. The van der Waals surface area contributed by atoms with E-state index in [2.05, 4.69) is 84.2 Å². The average Bonchev–Trinajstić information content (AvgIpc) is 2.45. The van der Waals surface area contributed by atoms with Crippen LogP contribution in [0.15, 0.2) is 51.4 Å². The van der Waals surface area contributed by atoms with E-state index in [9.17, 15) is 0 Å². The minimum absolute atomic E-state index is 0.452. The molecule has 2 aromatic rings. The Morgan fingerprint density at radius 1 is 1.10 bits per heavy atom. The van der Waals surface area contributed by atoms with Crippen LogP contribution in [-0.4, -0.2) is 12.4 Å². The first-order chi connectivity index (χ1) is 9.63. The van der Waals surface area contributed by atoms with E-state index in [0.717, 1.165) is 26.4 Å². The number of halogens is 3. The van der Waals surface area contributed by atoms with Crippen molar-refractivity contribution in [1.82, 2.24) is 0 Å². The van der Waals surface area contributed by atoms with Crippen LogP contribution in [-0.2, 0) is 6.42 Å². The fourth-order valence-corrected chi connectivity index (χ4v) is 3.75. The molecule has 0 aromatic heterocycles. The van der Waals surface area contributed by atoms with Gasteiger partial charge in [0.05, 0.1) is 11.6 Å². The van der Waals surface area contributed by atoms with Gasteiger partial charge in [-0.25, -0.2) is 0 Å². The van der Waals surface area contributed by atoms with E-state index in [-0.39, 0.29) is 0 Å². The smallest absolute Gasteiger partial charge is 0.133 e. The molecular formula is C16H15Br3O. The molecule has 1 nitrogen and oxygen atoms in total. The van der Waals surface area contributed by atoms with E-state index in [1.807, 2.05) is 6.07 Å². The first-order valence-corrected chi connectivity index (χ1v) is 8.98. The second-order valence-corrected chi connectivity index (χ2v) is 7.00. The third-order valence-corrected chi connectivity index (χ3v) is 5.10. The van der Waals surface area contributed by atoms with Gasteiger partial charge in [0.15, 0.2) is 0 Å².